The molecule has 8 heteroatoms. The average molecular weight is 331 g/mol. The maximum atomic E-state index is 12.4. The molecular weight excluding hydrogens is 318 g/mol. The predicted molar refractivity (Wildman–Crippen MR) is 87.6 cm³/mol. The molecule has 0 unspecified atom stereocenters. The number of amides is 1. The molecule has 0 saturated carbocycles. The molecule has 0 aliphatic carbocycles. The minimum Gasteiger partial charge on any atom is -0.305 e. The molecule has 1 aliphatic rings. The quantitative estimate of drug-likeness (QED) is 0.801. The van der Waals surface area contributed by atoms with Crippen LogP contribution in [0.3, 0.4) is 0 Å². The lowest BCUT2D eigenvalue weighted by Gasteiger charge is -2.05. The van der Waals surface area contributed by atoms with Crippen LogP contribution in [0.5, 0.6) is 0 Å². The van der Waals surface area contributed by atoms with Crippen LogP contribution in [0.15, 0.2) is 29.9 Å². The fourth-order valence-corrected chi connectivity index (χ4v) is 4.22. The van der Waals surface area contributed by atoms with E-state index in [9.17, 15) is 4.79 Å². The molecule has 1 aliphatic heterocycles. The molecule has 22 heavy (non-hydrogen) atoms. The lowest BCUT2D eigenvalue weighted by atomic mass is 10.3. The summed E-state index contributed by atoms with van der Waals surface area (Å²) in [5.74, 6) is 2.38. The van der Waals surface area contributed by atoms with Crippen molar-refractivity contribution in [1.29, 1.82) is 0 Å². The van der Waals surface area contributed by atoms with Crippen molar-refractivity contribution in [3.63, 3.8) is 0 Å². The van der Waals surface area contributed by atoms with Gasteiger partial charge in [-0.1, -0.05) is 0 Å². The maximum Gasteiger partial charge on any atom is 0.276 e. The third-order valence-electron chi connectivity index (χ3n) is 3.50. The van der Waals surface area contributed by atoms with E-state index in [1.54, 1.807) is 10.1 Å². The van der Waals surface area contributed by atoms with Gasteiger partial charge in [-0.2, -0.15) is 16.9 Å². The van der Waals surface area contributed by atoms with Gasteiger partial charge in [-0.05, 0) is 12.1 Å². The van der Waals surface area contributed by atoms with Gasteiger partial charge in [0.2, 0.25) is 0 Å². The first-order valence-corrected chi connectivity index (χ1v) is 8.78. The number of rotatable bonds is 3. The Kier molecular flexibility index (Phi) is 3.27. The van der Waals surface area contributed by atoms with Gasteiger partial charge in [0.05, 0.1) is 5.69 Å². The number of aromatic nitrogens is 4. The highest BCUT2D eigenvalue weighted by Gasteiger charge is 2.23. The summed E-state index contributed by atoms with van der Waals surface area (Å²) in [6, 6.07) is 3.86. The molecule has 0 bridgehead atoms. The standard InChI is InChI=1S/C14H13N5OS2/c1-18-12(9-6-21-7-10(9)17-18)16-13(20)11-8-22-14(15-11)19-4-2-3-5-19/h2-5,8H,6-7H2,1H3,(H,16,20). The van der Waals surface area contributed by atoms with Crippen LogP contribution in [0.4, 0.5) is 5.82 Å². The summed E-state index contributed by atoms with van der Waals surface area (Å²) in [5.41, 5.74) is 2.62. The molecular formula is C14H13N5OS2. The van der Waals surface area contributed by atoms with E-state index in [-0.39, 0.29) is 5.91 Å². The Labute approximate surface area is 135 Å². The van der Waals surface area contributed by atoms with E-state index in [1.165, 1.54) is 11.3 Å². The highest BCUT2D eigenvalue weighted by molar-refractivity contribution is 7.98. The molecule has 1 N–H and O–H groups in total. The van der Waals surface area contributed by atoms with E-state index in [2.05, 4.69) is 15.4 Å². The number of aryl methyl sites for hydroxylation is 1. The Morgan fingerprint density at radius 3 is 2.95 bits per heavy atom. The lowest BCUT2D eigenvalue weighted by molar-refractivity contribution is 0.102. The number of fused-ring (bicyclic) bond motifs is 1. The summed E-state index contributed by atoms with van der Waals surface area (Å²) in [5, 5.41) is 9.94. The van der Waals surface area contributed by atoms with Crippen molar-refractivity contribution in [3.05, 3.63) is 46.9 Å². The van der Waals surface area contributed by atoms with Crippen LogP contribution in [0.1, 0.15) is 21.7 Å². The summed E-state index contributed by atoms with van der Waals surface area (Å²) >= 11 is 3.26. The second-order valence-corrected chi connectivity index (χ2v) is 6.77. The minimum absolute atomic E-state index is 0.197. The molecule has 3 aromatic rings. The van der Waals surface area contributed by atoms with Gasteiger partial charge in [0.25, 0.3) is 5.91 Å². The van der Waals surface area contributed by atoms with E-state index in [1.807, 2.05) is 47.9 Å². The molecule has 0 saturated heterocycles. The smallest absolute Gasteiger partial charge is 0.276 e. The number of thioether (sulfide) groups is 1. The molecule has 3 aromatic heterocycles. The van der Waals surface area contributed by atoms with Gasteiger partial charge < -0.3 is 9.88 Å². The summed E-state index contributed by atoms with van der Waals surface area (Å²) in [7, 11) is 1.85. The van der Waals surface area contributed by atoms with Gasteiger partial charge in [-0.25, -0.2) is 4.98 Å². The zero-order chi connectivity index (χ0) is 15.1. The van der Waals surface area contributed by atoms with E-state index in [0.29, 0.717) is 5.69 Å². The first-order chi connectivity index (χ1) is 10.7. The van der Waals surface area contributed by atoms with Gasteiger partial charge in [-0.15, -0.1) is 11.3 Å². The lowest BCUT2D eigenvalue weighted by Crippen LogP contribution is -2.16. The molecule has 4 heterocycles. The summed E-state index contributed by atoms with van der Waals surface area (Å²) in [6.45, 7) is 0. The van der Waals surface area contributed by atoms with Gasteiger partial charge in [0.15, 0.2) is 5.13 Å². The zero-order valence-corrected chi connectivity index (χ0v) is 13.4. The van der Waals surface area contributed by atoms with Crippen molar-refractivity contribution < 1.29 is 4.79 Å². The number of anilines is 1. The number of carbonyl (C=O) groups excluding carboxylic acids is 1. The Morgan fingerprint density at radius 2 is 2.14 bits per heavy atom. The van der Waals surface area contributed by atoms with Gasteiger partial charge in [0, 0.05) is 41.9 Å². The highest BCUT2D eigenvalue weighted by atomic mass is 32.2. The van der Waals surface area contributed by atoms with E-state index in [4.69, 9.17) is 0 Å². The number of nitrogens with zero attached hydrogens (tertiary/aromatic N) is 4. The first kappa shape index (κ1) is 13.6. The molecule has 0 aromatic carbocycles. The van der Waals surface area contributed by atoms with Crippen molar-refractivity contribution in [2.24, 2.45) is 7.05 Å². The van der Waals surface area contributed by atoms with Gasteiger partial charge in [-0.3, -0.25) is 9.48 Å². The Balaban J connectivity index is 1.58. The van der Waals surface area contributed by atoms with Crippen molar-refractivity contribution in [2.45, 2.75) is 11.5 Å². The molecule has 0 radical (unpaired) electrons. The monoisotopic (exact) mass is 331 g/mol. The van der Waals surface area contributed by atoms with Crippen molar-refractivity contribution in [1.82, 2.24) is 19.3 Å². The highest BCUT2D eigenvalue weighted by Crippen LogP contribution is 2.34. The van der Waals surface area contributed by atoms with Crippen LogP contribution in [-0.4, -0.2) is 25.2 Å². The molecule has 1 amide bonds. The predicted octanol–water partition coefficient (Wildman–Crippen LogP) is 2.67. The summed E-state index contributed by atoms with van der Waals surface area (Å²) in [6.07, 6.45) is 3.82. The number of thiazole rings is 1. The number of hydrogen-bond acceptors (Lipinski definition) is 5. The number of carbonyl (C=O) groups is 1. The molecule has 0 spiro atoms. The Morgan fingerprint density at radius 1 is 1.32 bits per heavy atom. The van der Waals surface area contributed by atoms with Crippen LogP contribution in [-0.2, 0) is 18.6 Å². The van der Waals surface area contributed by atoms with Crippen molar-refractivity contribution in [2.75, 3.05) is 5.32 Å². The third kappa shape index (κ3) is 2.24. The zero-order valence-electron chi connectivity index (χ0n) is 11.8. The molecule has 0 fully saturated rings. The van der Waals surface area contributed by atoms with E-state index >= 15 is 0 Å². The third-order valence-corrected chi connectivity index (χ3v) is 5.32. The normalized spacial score (nSPS) is 13.3. The molecule has 0 atom stereocenters. The second-order valence-electron chi connectivity index (χ2n) is 4.95. The molecule has 4 rings (SSSR count). The van der Waals surface area contributed by atoms with E-state index in [0.717, 1.165) is 33.7 Å². The van der Waals surface area contributed by atoms with Crippen LogP contribution in [0, 0.1) is 0 Å². The minimum atomic E-state index is -0.197. The van der Waals surface area contributed by atoms with Crippen molar-refractivity contribution in [3.8, 4) is 5.13 Å². The molecule has 6 nitrogen and oxygen atoms in total. The van der Waals surface area contributed by atoms with Gasteiger partial charge in [0.1, 0.15) is 11.5 Å². The Bertz CT molecular complexity index is 834. The van der Waals surface area contributed by atoms with E-state index < -0.39 is 0 Å². The fourth-order valence-electron chi connectivity index (χ4n) is 2.42. The Hall–Kier alpha value is -2.06. The summed E-state index contributed by atoms with van der Waals surface area (Å²) in [4.78, 5) is 16.8. The van der Waals surface area contributed by atoms with Crippen LogP contribution in [0.2, 0.25) is 0 Å². The fraction of sp³-hybridized carbons (Fsp3) is 0.214. The van der Waals surface area contributed by atoms with Crippen LogP contribution >= 0.6 is 23.1 Å². The topological polar surface area (TPSA) is 64.7 Å². The largest absolute Gasteiger partial charge is 0.305 e. The van der Waals surface area contributed by atoms with Gasteiger partial charge >= 0.3 is 0 Å². The maximum absolute atomic E-state index is 12.4. The average Bonchev–Trinajstić information content (AvgIpc) is 3.23. The second kappa shape index (κ2) is 5.29. The van der Waals surface area contributed by atoms with Crippen LogP contribution < -0.4 is 5.32 Å². The van der Waals surface area contributed by atoms with Crippen LogP contribution in [0.25, 0.3) is 5.13 Å². The summed E-state index contributed by atoms with van der Waals surface area (Å²) < 4.78 is 3.63. The number of nitrogens with one attached hydrogen (secondary N) is 1. The van der Waals surface area contributed by atoms with Crippen molar-refractivity contribution >= 4 is 34.8 Å². The SMILES string of the molecule is Cn1nc2c(c1NC(=O)c1csc(-n3cccc3)n1)CSC2. The first-order valence-electron chi connectivity index (χ1n) is 6.75. The molecule has 112 valence electrons. The number of hydrogen-bond donors (Lipinski definition) is 1.